The minimum atomic E-state index is -0.378. The third-order valence-corrected chi connectivity index (χ3v) is 4.85. The Kier molecular flexibility index (Phi) is 5.22. The predicted octanol–water partition coefficient (Wildman–Crippen LogP) is 3.51. The first-order chi connectivity index (χ1) is 13.8. The predicted molar refractivity (Wildman–Crippen MR) is 105 cm³/mol. The zero-order valence-corrected chi connectivity index (χ0v) is 15.4. The van der Waals surface area contributed by atoms with E-state index in [1.807, 2.05) is 60.7 Å². The van der Waals surface area contributed by atoms with Gasteiger partial charge in [-0.05, 0) is 29.4 Å². The zero-order valence-electron chi connectivity index (χ0n) is 15.4. The highest BCUT2D eigenvalue weighted by molar-refractivity contribution is 5.98. The highest BCUT2D eigenvalue weighted by Crippen LogP contribution is 2.38. The van der Waals surface area contributed by atoms with Gasteiger partial charge in [-0.15, -0.1) is 0 Å². The maximum Gasteiger partial charge on any atom is 0.264 e. The molecule has 4 rings (SSSR count). The third kappa shape index (κ3) is 3.68. The van der Waals surface area contributed by atoms with E-state index in [4.69, 9.17) is 9.47 Å². The molecule has 140 valence electrons. The van der Waals surface area contributed by atoms with Crippen molar-refractivity contribution in [3.8, 4) is 11.8 Å². The van der Waals surface area contributed by atoms with E-state index < -0.39 is 0 Å². The van der Waals surface area contributed by atoms with Crippen LogP contribution >= 0.6 is 0 Å². The van der Waals surface area contributed by atoms with E-state index in [2.05, 4.69) is 6.07 Å². The summed E-state index contributed by atoms with van der Waals surface area (Å²) in [7, 11) is 0. The summed E-state index contributed by atoms with van der Waals surface area (Å²) in [5.74, 6) is 0.517. The van der Waals surface area contributed by atoms with Gasteiger partial charge in [0.25, 0.3) is 5.91 Å². The van der Waals surface area contributed by atoms with Crippen molar-refractivity contribution in [2.24, 2.45) is 0 Å². The maximum absolute atomic E-state index is 12.8. The summed E-state index contributed by atoms with van der Waals surface area (Å²) in [5, 5.41) is 9.64. The summed E-state index contributed by atoms with van der Waals surface area (Å²) in [4.78, 5) is 14.5. The summed E-state index contributed by atoms with van der Waals surface area (Å²) in [5.41, 5.74) is 2.78. The summed E-state index contributed by atoms with van der Waals surface area (Å²) in [6.45, 7) is 1.99. The van der Waals surface area contributed by atoms with Crippen molar-refractivity contribution in [3.63, 3.8) is 0 Å². The first-order valence-corrected chi connectivity index (χ1v) is 9.27. The number of hydrogen-bond acceptors (Lipinski definition) is 4. The number of amides is 1. The molecule has 1 atom stereocenters. The fourth-order valence-corrected chi connectivity index (χ4v) is 3.41. The van der Waals surface area contributed by atoms with Gasteiger partial charge in [0.1, 0.15) is 23.5 Å². The second-order valence-electron chi connectivity index (χ2n) is 6.67. The monoisotopic (exact) mass is 372 g/mol. The number of fused-ring (bicyclic) bond motifs is 1. The van der Waals surface area contributed by atoms with E-state index in [9.17, 15) is 10.1 Å². The van der Waals surface area contributed by atoms with E-state index in [-0.39, 0.29) is 17.6 Å². The molecule has 2 aliphatic rings. The van der Waals surface area contributed by atoms with E-state index in [0.717, 1.165) is 22.4 Å². The molecule has 0 radical (unpaired) electrons. The average molecular weight is 372 g/mol. The van der Waals surface area contributed by atoms with Crippen LogP contribution < -0.4 is 4.74 Å². The van der Waals surface area contributed by atoms with Gasteiger partial charge in [-0.25, -0.2) is 0 Å². The van der Waals surface area contributed by atoms with Gasteiger partial charge in [-0.2, -0.15) is 5.26 Å². The Morgan fingerprint density at radius 1 is 1.07 bits per heavy atom. The largest absolute Gasteiger partial charge is 0.480 e. The quantitative estimate of drug-likeness (QED) is 0.611. The van der Waals surface area contributed by atoms with Crippen LogP contribution in [0.2, 0.25) is 0 Å². The number of ether oxygens (including phenoxy) is 2. The second kappa shape index (κ2) is 8.12. The topological polar surface area (TPSA) is 62.6 Å². The molecular weight excluding hydrogens is 352 g/mol. The lowest BCUT2D eigenvalue weighted by Gasteiger charge is -2.28. The molecule has 0 spiro atoms. The summed E-state index contributed by atoms with van der Waals surface area (Å²) in [6.07, 6.45) is 3.27. The van der Waals surface area contributed by atoms with Crippen molar-refractivity contribution < 1.29 is 14.3 Å². The van der Waals surface area contributed by atoms with Gasteiger partial charge in [-0.3, -0.25) is 4.79 Å². The highest BCUT2D eigenvalue weighted by atomic mass is 16.5. The van der Waals surface area contributed by atoms with Crippen LogP contribution in [0.15, 0.2) is 71.8 Å². The Labute approximate surface area is 164 Å². The van der Waals surface area contributed by atoms with Crippen molar-refractivity contribution in [3.05, 3.63) is 82.9 Å². The fraction of sp³-hybridized carbons (Fsp3) is 0.217. The van der Waals surface area contributed by atoms with Crippen molar-refractivity contribution in [2.45, 2.75) is 6.10 Å². The minimum absolute atomic E-state index is 0.108. The minimum Gasteiger partial charge on any atom is -0.480 e. The number of carbonyl (C=O) groups is 1. The molecule has 1 saturated heterocycles. The molecule has 0 N–H and O–H groups in total. The maximum atomic E-state index is 12.8. The van der Waals surface area contributed by atoms with Gasteiger partial charge in [0, 0.05) is 18.7 Å². The highest BCUT2D eigenvalue weighted by Gasteiger charge is 2.26. The Morgan fingerprint density at radius 3 is 2.54 bits per heavy atom. The second-order valence-corrected chi connectivity index (χ2v) is 6.67. The summed E-state index contributed by atoms with van der Waals surface area (Å²) >= 11 is 0. The van der Waals surface area contributed by atoms with Crippen molar-refractivity contribution in [2.75, 3.05) is 26.3 Å². The number of carbonyl (C=O) groups excluding carboxylic acids is 1. The van der Waals surface area contributed by atoms with Crippen LogP contribution in [0.3, 0.4) is 0 Å². The van der Waals surface area contributed by atoms with E-state index in [0.29, 0.717) is 26.3 Å². The van der Waals surface area contributed by atoms with Gasteiger partial charge < -0.3 is 14.4 Å². The van der Waals surface area contributed by atoms with Gasteiger partial charge in [-0.1, -0.05) is 48.5 Å². The summed E-state index contributed by atoms with van der Waals surface area (Å²) in [6, 6.07) is 19.6. The zero-order chi connectivity index (χ0) is 19.3. The van der Waals surface area contributed by atoms with Crippen LogP contribution in [0.4, 0.5) is 0 Å². The number of morpholine rings is 1. The number of benzene rings is 2. The molecule has 0 aromatic heterocycles. The van der Waals surface area contributed by atoms with Crippen molar-refractivity contribution in [1.82, 2.24) is 4.90 Å². The molecule has 5 heteroatoms. The molecule has 0 saturated carbocycles. The normalized spacial score (nSPS) is 19.1. The van der Waals surface area contributed by atoms with E-state index in [1.165, 1.54) is 0 Å². The van der Waals surface area contributed by atoms with Crippen LogP contribution in [-0.2, 0) is 9.53 Å². The van der Waals surface area contributed by atoms with Crippen LogP contribution in [0.5, 0.6) is 5.75 Å². The molecule has 1 amide bonds. The molecule has 1 fully saturated rings. The third-order valence-electron chi connectivity index (χ3n) is 4.85. The number of rotatable bonds is 3. The van der Waals surface area contributed by atoms with Crippen LogP contribution in [0.1, 0.15) is 17.2 Å². The fourth-order valence-electron chi connectivity index (χ4n) is 3.41. The molecule has 2 aliphatic heterocycles. The Bertz CT molecular complexity index is 967. The van der Waals surface area contributed by atoms with Crippen molar-refractivity contribution in [1.29, 1.82) is 5.26 Å². The molecule has 2 aromatic rings. The molecule has 0 aliphatic carbocycles. The van der Waals surface area contributed by atoms with Crippen LogP contribution in [0.25, 0.3) is 6.08 Å². The van der Waals surface area contributed by atoms with E-state index >= 15 is 0 Å². The Balaban J connectivity index is 1.72. The summed E-state index contributed by atoms with van der Waals surface area (Å²) < 4.78 is 11.5. The number of para-hydroxylation sites is 1. The lowest BCUT2D eigenvalue weighted by molar-refractivity contribution is -0.130. The number of nitrogens with zero attached hydrogens (tertiary/aromatic N) is 2. The lowest BCUT2D eigenvalue weighted by atomic mass is 9.94. The first kappa shape index (κ1) is 18.0. The standard InChI is InChI=1S/C23H20N2O3/c24-16-20(23(26)25-10-12-27-13-11-25)15-19-14-18-8-4-5-9-21(18)28-22(19)17-6-2-1-3-7-17/h1-9,14-15,22H,10-13H2. The smallest absolute Gasteiger partial charge is 0.264 e. The van der Waals surface area contributed by atoms with E-state index in [1.54, 1.807) is 11.0 Å². The van der Waals surface area contributed by atoms with Gasteiger partial charge >= 0.3 is 0 Å². The van der Waals surface area contributed by atoms with Crippen molar-refractivity contribution >= 4 is 12.0 Å². The van der Waals surface area contributed by atoms with Gasteiger partial charge in [0.15, 0.2) is 0 Å². The number of hydrogen-bond donors (Lipinski definition) is 0. The molecule has 2 aromatic carbocycles. The van der Waals surface area contributed by atoms with Crippen LogP contribution in [-0.4, -0.2) is 37.1 Å². The SMILES string of the molecule is N#CC(=CC1=Cc2ccccc2OC1c1ccccc1)C(=O)N1CCOCC1. The molecular formula is C23H20N2O3. The van der Waals surface area contributed by atoms with Gasteiger partial charge in [0.2, 0.25) is 0 Å². The Morgan fingerprint density at radius 2 is 1.79 bits per heavy atom. The molecule has 5 nitrogen and oxygen atoms in total. The first-order valence-electron chi connectivity index (χ1n) is 9.27. The molecule has 2 heterocycles. The lowest BCUT2D eigenvalue weighted by Crippen LogP contribution is -2.41. The molecule has 28 heavy (non-hydrogen) atoms. The Hall–Kier alpha value is -3.36. The average Bonchev–Trinajstić information content (AvgIpc) is 2.77. The van der Waals surface area contributed by atoms with Gasteiger partial charge in [0.05, 0.1) is 13.2 Å². The molecule has 1 unspecified atom stereocenters. The number of nitriles is 1. The molecule has 0 bridgehead atoms. The van der Waals surface area contributed by atoms with Crippen LogP contribution in [0, 0.1) is 11.3 Å².